The van der Waals surface area contributed by atoms with Crippen molar-refractivity contribution in [1.29, 1.82) is 0 Å². The van der Waals surface area contributed by atoms with Crippen LogP contribution in [0.15, 0.2) is 48.7 Å². The number of para-hydroxylation sites is 1. The molecule has 0 bridgehead atoms. The van der Waals surface area contributed by atoms with Gasteiger partial charge in [-0.2, -0.15) is 5.10 Å². The SMILES string of the molecule is CN(C)C[C@@H]1CN(C(=O)c2ccc3ccccc3n2)Cc2ccnn21. The average Bonchev–Trinajstić information content (AvgIpc) is 3.09. The fourth-order valence-corrected chi connectivity index (χ4v) is 3.45. The number of rotatable bonds is 3. The Hall–Kier alpha value is -2.73. The number of hydrogen-bond acceptors (Lipinski definition) is 4. The van der Waals surface area contributed by atoms with E-state index in [9.17, 15) is 4.79 Å². The number of likely N-dealkylation sites (N-methyl/N-ethyl adjacent to an activating group) is 1. The Kier molecular flexibility index (Phi) is 3.97. The number of nitrogens with zero attached hydrogens (tertiary/aromatic N) is 5. The van der Waals surface area contributed by atoms with Crippen molar-refractivity contribution in [3.8, 4) is 0 Å². The summed E-state index contributed by atoms with van der Waals surface area (Å²) in [4.78, 5) is 21.6. The second kappa shape index (κ2) is 6.29. The quantitative estimate of drug-likeness (QED) is 0.736. The molecule has 0 saturated heterocycles. The van der Waals surface area contributed by atoms with Crippen LogP contribution in [0.2, 0.25) is 0 Å². The van der Waals surface area contributed by atoms with Crippen LogP contribution in [0.1, 0.15) is 22.2 Å². The van der Waals surface area contributed by atoms with Gasteiger partial charge in [-0.05, 0) is 32.3 Å². The standard InChI is InChI=1S/C19H21N5O/c1-22(2)11-16-13-23(12-15-9-10-20-24(15)16)19(25)18-8-7-14-5-3-4-6-17(14)21-18/h3-10,16H,11-13H2,1-2H3/t16-/m1/s1. The van der Waals surface area contributed by atoms with Crippen molar-refractivity contribution in [2.24, 2.45) is 0 Å². The summed E-state index contributed by atoms with van der Waals surface area (Å²) in [6.45, 7) is 2.04. The van der Waals surface area contributed by atoms with Crippen molar-refractivity contribution < 1.29 is 4.79 Å². The first-order chi connectivity index (χ1) is 12.1. The van der Waals surface area contributed by atoms with E-state index in [2.05, 4.69) is 15.0 Å². The minimum Gasteiger partial charge on any atom is -0.329 e. The predicted octanol–water partition coefficient (Wildman–Crippen LogP) is 2.19. The van der Waals surface area contributed by atoms with Crippen LogP contribution in [0.25, 0.3) is 10.9 Å². The van der Waals surface area contributed by atoms with Gasteiger partial charge in [-0.1, -0.05) is 24.3 Å². The van der Waals surface area contributed by atoms with Crippen molar-refractivity contribution >= 4 is 16.8 Å². The molecule has 0 saturated carbocycles. The van der Waals surface area contributed by atoms with E-state index in [1.165, 1.54) is 0 Å². The van der Waals surface area contributed by atoms with Gasteiger partial charge in [0.15, 0.2) is 0 Å². The summed E-state index contributed by atoms with van der Waals surface area (Å²) < 4.78 is 2.04. The maximum Gasteiger partial charge on any atom is 0.272 e. The number of pyridine rings is 1. The first-order valence-corrected chi connectivity index (χ1v) is 8.44. The highest BCUT2D eigenvalue weighted by Crippen LogP contribution is 2.23. The smallest absolute Gasteiger partial charge is 0.272 e. The number of benzene rings is 1. The molecule has 3 aromatic rings. The summed E-state index contributed by atoms with van der Waals surface area (Å²) in [6, 6.07) is 13.8. The summed E-state index contributed by atoms with van der Waals surface area (Å²) >= 11 is 0. The molecule has 3 heterocycles. The van der Waals surface area contributed by atoms with Crippen molar-refractivity contribution in [3.05, 3.63) is 60.0 Å². The molecule has 4 rings (SSSR count). The monoisotopic (exact) mass is 335 g/mol. The van der Waals surface area contributed by atoms with Crippen LogP contribution in [0.5, 0.6) is 0 Å². The summed E-state index contributed by atoms with van der Waals surface area (Å²) in [5.74, 6) is -0.0260. The Balaban J connectivity index is 1.63. The fourth-order valence-electron chi connectivity index (χ4n) is 3.45. The lowest BCUT2D eigenvalue weighted by molar-refractivity contribution is 0.0647. The Labute approximate surface area is 146 Å². The van der Waals surface area contributed by atoms with Gasteiger partial charge in [-0.15, -0.1) is 0 Å². The second-order valence-electron chi connectivity index (χ2n) is 6.76. The Morgan fingerprint density at radius 3 is 2.88 bits per heavy atom. The van der Waals surface area contributed by atoms with Gasteiger partial charge in [-0.25, -0.2) is 4.98 Å². The van der Waals surface area contributed by atoms with E-state index in [-0.39, 0.29) is 11.9 Å². The van der Waals surface area contributed by atoms with E-state index < -0.39 is 0 Å². The number of carbonyl (C=O) groups excluding carboxylic acids is 1. The first kappa shape index (κ1) is 15.8. The molecular weight excluding hydrogens is 314 g/mol. The Morgan fingerprint density at radius 1 is 1.20 bits per heavy atom. The van der Waals surface area contributed by atoms with Gasteiger partial charge < -0.3 is 9.80 Å². The third-order valence-electron chi connectivity index (χ3n) is 4.56. The van der Waals surface area contributed by atoms with Crippen LogP contribution < -0.4 is 0 Å². The summed E-state index contributed by atoms with van der Waals surface area (Å²) in [6.07, 6.45) is 1.81. The molecule has 1 atom stereocenters. The van der Waals surface area contributed by atoms with Crippen LogP contribution in [0.4, 0.5) is 0 Å². The zero-order chi connectivity index (χ0) is 17.4. The van der Waals surface area contributed by atoms with Gasteiger partial charge in [0.2, 0.25) is 0 Å². The minimum absolute atomic E-state index is 0.0260. The normalized spacial score (nSPS) is 17.1. The molecule has 2 aromatic heterocycles. The van der Waals surface area contributed by atoms with E-state index in [0.717, 1.165) is 23.1 Å². The molecular formula is C19H21N5O. The fraction of sp³-hybridized carbons (Fsp3) is 0.316. The van der Waals surface area contributed by atoms with E-state index in [4.69, 9.17) is 0 Å². The van der Waals surface area contributed by atoms with Crippen molar-refractivity contribution in [1.82, 2.24) is 24.6 Å². The van der Waals surface area contributed by atoms with E-state index in [1.54, 1.807) is 6.20 Å². The molecule has 1 aromatic carbocycles. The van der Waals surface area contributed by atoms with Gasteiger partial charge in [0.05, 0.1) is 23.8 Å². The summed E-state index contributed by atoms with van der Waals surface area (Å²) in [5.41, 5.74) is 2.41. The molecule has 0 aliphatic carbocycles. The molecule has 6 heteroatoms. The highest BCUT2D eigenvalue weighted by molar-refractivity contribution is 5.95. The summed E-state index contributed by atoms with van der Waals surface area (Å²) in [5, 5.41) is 5.48. The zero-order valence-corrected chi connectivity index (χ0v) is 14.5. The molecule has 0 N–H and O–H groups in total. The molecule has 0 radical (unpaired) electrons. The lowest BCUT2D eigenvalue weighted by Crippen LogP contribution is -2.44. The second-order valence-corrected chi connectivity index (χ2v) is 6.76. The Bertz CT molecular complexity index is 917. The van der Waals surface area contributed by atoms with Gasteiger partial charge in [-0.3, -0.25) is 9.48 Å². The molecule has 6 nitrogen and oxygen atoms in total. The third-order valence-corrected chi connectivity index (χ3v) is 4.56. The number of aromatic nitrogens is 3. The zero-order valence-electron chi connectivity index (χ0n) is 14.5. The van der Waals surface area contributed by atoms with E-state index in [1.807, 2.05) is 66.1 Å². The van der Waals surface area contributed by atoms with Gasteiger partial charge in [0.1, 0.15) is 5.69 Å². The minimum atomic E-state index is -0.0260. The van der Waals surface area contributed by atoms with Crippen LogP contribution in [-0.4, -0.2) is 57.7 Å². The lowest BCUT2D eigenvalue weighted by Gasteiger charge is -2.35. The molecule has 128 valence electrons. The largest absolute Gasteiger partial charge is 0.329 e. The average molecular weight is 335 g/mol. The Morgan fingerprint density at radius 2 is 2.04 bits per heavy atom. The number of fused-ring (bicyclic) bond motifs is 2. The number of amides is 1. The van der Waals surface area contributed by atoms with E-state index >= 15 is 0 Å². The van der Waals surface area contributed by atoms with Crippen LogP contribution in [0.3, 0.4) is 0 Å². The molecule has 0 fully saturated rings. The number of carbonyl (C=O) groups is 1. The lowest BCUT2D eigenvalue weighted by atomic mass is 10.1. The topological polar surface area (TPSA) is 54.3 Å². The maximum atomic E-state index is 13.0. The third kappa shape index (κ3) is 3.00. The van der Waals surface area contributed by atoms with Crippen LogP contribution in [-0.2, 0) is 6.54 Å². The van der Waals surface area contributed by atoms with Gasteiger partial charge in [0.25, 0.3) is 5.91 Å². The van der Waals surface area contributed by atoms with E-state index in [0.29, 0.717) is 18.8 Å². The van der Waals surface area contributed by atoms with Gasteiger partial charge in [0, 0.05) is 24.7 Å². The van der Waals surface area contributed by atoms with Crippen molar-refractivity contribution in [2.75, 3.05) is 27.2 Å². The highest BCUT2D eigenvalue weighted by Gasteiger charge is 2.29. The molecule has 0 spiro atoms. The molecule has 1 amide bonds. The number of hydrogen-bond donors (Lipinski definition) is 0. The molecule has 1 aliphatic rings. The highest BCUT2D eigenvalue weighted by atomic mass is 16.2. The van der Waals surface area contributed by atoms with Crippen LogP contribution in [0, 0.1) is 0 Å². The van der Waals surface area contributed by atoms with Gasteiger partial charge >= 0.3 is 0 Å². The molecule has 0 unspecified atom stereocenters. The predicted molar refractivity (Wildman–Crippen MR) is 96.3 cm³/mol. The van der Waals surface area contributed by atoms with Crippen LogP contribution >= 0.6 is 0 Å². The molecule has 25 heavy (non-hydrogen) atoms. The maximum absolute atomic E-state index is 13.0. The summed E-state index contributed by atoms with van der Waals surface area (Å²) in [7, 11) is 4.07. The molecule has 1 aliphatic heterocycles. The van der Waals surface area contributed by atoms with Crippen molar-refractivity contribution in [2.45, 2.75) is 12.6 Å². The first-order valence-electron chi connectivity index (χ1n) is 8.44. The van der Waals surface area contributed by atoms with Crippen molar-refractivity contribution in [3.63, 3.8) is 0 Å².